The van der Waals surface area contributed by atoms with Gasteiger partial charge < -0.3 is 34.2 Å². The number of hydrogen-bond acceptors (Lipinski definition) is 14. The molecule has 616 valence electrons. The molecule has 16 nitrogen and oxygen atoms in total. The van der Waals surface area contributed by atoms with Gasteiger partial charge in [0.05, 0.1) is 26.4 Å². The summed E-state index contributed by atoms with van der Waals surface area (Å²) < 4.78 is 61.3. The van der Waals surface area contributed by atoms with Crippen molar-refractivity contribution in [2.45, 2.75) is 373 Å². The molecule has 5 atom stereocenters. The van der Waals surface area contributed by atoms with Crippen molar-refractivity contribution < 1.29 is 75.8 Å². The average Bonchev–Trinajstić information content (AvgIpc) is 1.06. The van der Waals surface area contributed by atoms with Crippen LogP contribution in [0.5, 0.6) is 0 Å². The van der Waals surface area contributed by atoms with E-state index >= 15 is 0 Å². The van der Waals surface area contributed by atoms with Gasteiger partial charge in [-0.2, -0.15) is 0 Å². The summed E-state index contributed by atoms with van der Waals surface area (Å²) in [7, 11) is -9.79. The lowest BCUT2D eigenvalue weighted by Crippen LogP contribution is -2.30. The molecule has 0 amide bonds. The fraction of sp³-hybridized carbons (Fsp3) is 0.719. The van der Waals surface area contributed by atoms with Gasteiger partial charge in [0, 0.05) is 19.3 Å². The van der Waals surface area contributed by atoms with E-state index in [0.29, 0.717) is 19.3 Å². The number of carbonyl (C=O) groups is 3. The fourth-order valence-electron chi connectivity index (χ4n) is 11.5. The Morgan fingerprint density at radius 3 is 0.785 bits per heavy atom. The maximum absolute atomic E-state index is 13.0. The highest BCUT2D eigenvalue weighted by molar-refractivity contribution is 7.47. The van der Waals surface area contributed by atoms with E-state index in [1.807, 2.05) is 0 Å². The molecule has 4 N–H and O–H groups in total. The number of ether oxygens (including phenoxy) is 3. The largest absolute Gasteiger partial charge is 0.472 e. The molecule has 107 heavy (non-hydrogen) atoms. The van der Waals surface area contributed by atoms with Gasteiger partial charge in [0.15, 0.2) is 6.10 Å². The van der Waals surface area contributed by atoms with Crippen LogP contribution in [-0.2, 0) is 55.8 Å². The Hall–Kier alpha value is -4.31. The van der Waals surface area contributed by atoms with Gasteiger partial charge in [-0.25, -0.2) is 9.13 Å². The minimum atomic E-state index is -4.93. The van der Waals surface area contributed by atoms with Crippen LogP contribution in [-0.4, -0.2) is 95.9 Å². The molecule has 0 saturated heterocycles. The van der Waals surface area contributed by atoms with Gasteiger partial charge >= 0.3 is 33.6 Å². The second-order valence-electron chi connectivity index (χ2n) is 28.2. The predicted octanol–water partition coefficient (Wildman–Crippen LogP) is 25.4. The molecule has 0 aromatic rings. The van der Waals surface area contributed by atoms with Gasteiger partial charge in [0.2, 0.25) is 0 Å². The third-order valence-corrected chi connectivity index (χ3v) is 19.8. The molecule has 0 aliphatic heterocycles. The van der Waals surface area contributed by atoms with Crippen molar-refractivity contribution in [3.8, 4) is 0 Å². The highest BCUT2D eigenvalue weighted by Crippen LogP contribution is 2.45. The van der Waals surface area contributed by atoms with E-state index < -0.39 is 91.5 Å². The van der Waals surface area contributed by atoms with Crippen molar-refractivity contribution in [3.63, 3.8) is 0 Å². The molecule has 0 rings (SSSR count). The van der Waals surface area contributed by atoms with Gasteiger partial charge in [-0.05, 0) is 116 Å². The Labute approximate surface area is 652 Å². The van der Waals surface area contributed by atoms with E-state index in [2.05, 4.69) is 154 Å². The first-order chi connectivity index (χ1) is 52.2. The van der Waals surface area contributed by atoms with Crippen LogP contribution in [0.2, 0.25) is 0 Å². The maximum atomic E-state index is 13.0. The van der Waals surface area contributed by atoms with Crippen LogP contribution in [0.25, 0.3) is 0 Å². The molecule has 0 aliphatic rings. The number of hydrogen-bond donors (Lipinski definition) is 4. The number of carbonyl (C=O) groups excluding carboxylic acids is 3. The standard InChI is InChI=1S/C89H154O16P2/c1-4-7-10-13-16-19-22-25-27-29-31-33-35-37-39-40-41-42-44-46-47-49-51-53-55-58-60-63-66-69-72-75-87(92)99-78-84(90)79-101-106(95,96)102-80-85(91)81-103-107(97,98)104-83-86(105-89(94)77-74-71-68-65-62-57-24-21-18-15-12-9-6-3)82-100-88(93)76-73-70-67-64-61-59-56-54-52-50-48-45-43-38-36-34-32-30-28-26-23-20-17-14-11-8-5-2/h7-8,10-11,16-17,19-20,25-28,31-34,37-39,41-43,84-86,90-91H,4-6,9,12-15,18,21-24,29-30,35-36,40,44-83H2,1-3H3,(H,95,96)(H,97,98)/b10-7-,11-8-,19-16-,20-17-,27-25-,28-26-,33-31-,34-32-,39-37-,42-41-,43-38-. The zero-order chi connectivity index (χ0) is 78.0. The Bertz CT molecular complexity index is 2480. The van der Waals surface area contributed by atoms with Crippen LogP contribution in [0.15, 0.2) is 134 Å². The molecule has 0 fully saturated rings. The zero-order valence-electron chi connectivity index (χ0n) is 67.5. The number of phosphoric acid groups is 2. The van der Waals surface area contributed by atoms with E-state index in [1.54, 1.807) is 0 Å². The molecule has 0 aromatic heterocycles. The van der Waals surface area contributed by atoms with Crippen molar-refractivity contribution in [1.82, 2.24) is 0 Å². The third-order valence-electron chi connectivity index (χ3n) is 17.9. The zero-order valence-corrected chi connectivity index (χ0v) is 69.3. The molecule has 18 heteroatoms. The van der Waals surface area contributed by atoms with Crippen molar-refractivity contribution in [2.24, 2.45) is 0 Å². The Morgan fingerprint density at radius 1 is 0.271 bits per heavy atom. The van der Waals surface area contributed by atoms with Crippen molar-refractivity contribution in [2.75, 3.05) is 39.6 Å². The molecule has 0 radical (unpaired) electrons. The van der Waals surface area contributed by atoms with Crippen LogP contribution in [0, 0.1) is 0 Å². The van der Waals surface area contributed by atoms with E-state index in [0.717, 1.165) is 154 Å². The van der Waals surface area contributed by atoms with Crippen LogP contribution >= 0.6 is 15.6 Å². The third kappa shape index (κ3) is 82.5. The number of aliphatic hydroxyl groups excluding tert-OH is 2. The quantitative estimate of drug-likeness (QED) is 0.0146. The molecular formula is C89H154O16P2. The molecule has 0 bridgehead atoms. The minimum absolute atomic E-state index is 0.106. The lowest BCUT2D eigenvalue weighted by atomic mass is 10.0. The fourth-order valence-corrected chi connectivity index (χ4v) is 13.1. The van der Waals surface area contributed by atoms with E-state index in [1.165, 1.54) is 141 Å². The molecule has 5 unspecified atom stereocenters. The second kappa shape index (κ2) is 81.2. The predicted molar refractivity (Wildman–Crippen MR) is 445 cm³/mol. The summed E-state index contributed by atoms with van der Waals surface area (Å²) in [6.07, 6.45) is 99.3. The lowest BCUT2D eigenvalue weighted by molar-refractivity contribution is -0.161. The summed E-state index contributed by atoms with van der Waals surface area (Å²) in [5, 5.41) is 20.7. The van der Waals surface area contributed by atoms with Gasteiger partial charge in [-0.15, -0.1) is 0 Å². The monoisotopic (exact) mass is 1540 g/mol. The number of aliphatic hydroxyl groups is 2. The molecule has 0 spiro atoms. The van der Waals surface area contributed by atoms with Crippen LogP contribution in [0.3, 0.4) is 0 Å². The first kappa shape index (κ1) is 103. The van der Waals surface area contributed by atoms with Crippen LogP contribution in [0.4, 0.5) is 0 Å². The van der Waals surface area contributed by atoms with Gasteiger partial charge in [-0.1, -0.05) is 353 Å². The Balaban J connectivity index is 4.46. The SMILES string of the molecule is CC/C=C\C/C=C\C/C=C\C/C=C\C/C=C\C/C=C\CCCCCCCCCCCCCCC(=O)OCC(O)COP(=O)(O)OCC(O)COP(=O)(O)OCC(COC(=O)CCCCCCCCCCCCC/C=C\C/C=C\C/C=C\C/C=C\C/C=C\CC)OC(=O)CCCCCCCCCCCCCCC. The number of phosphoric ester groups is 2. The summed E-state index contributed by atoms with van der Waals surface area (Å²) >= 11 is 0. The van der Waals surface area contributed by atoms with E-state index in [-0.39, 0.29) is 19.3 Å². The molecule has 0 heterocycles. The normalized spacial score (nSPS) is 14.6. The summed E-state index contributed by atoms with van der Waals surface area (Å²) in [6, 6.07) is 0. The Kier molecular flexibility index (Phi) is 77.9. The first-order valence-corrected chi connectivity index (χ1v) is 45.5. The number of allylic oxidation sites excluding steroid dienone is 22. The van der Waals surface area contributed by atoms with E-state index in [4.69, 9.17) is 32.3 Å². The second-order valence-corrected chi connectivity index (χ2v) is 31.1. The van der Waals surface area contributed by atoms with Gasteiger partial charge in [0.1, 0.15) is 25.4 Å². The number of esters is 3. The van der Waals surface area contributed by atoms with Crippen molar-refractivity contribution >= 4 is 33.6 Å². The molecule has 0 aromatic carbocycles. The van der Waals surface area contributed by atoms with Crippen LogP contribution in [0.1, 0.15) is 355 Å². The highest BCUT2D eigenvalue weighted by atomic mass is 31.2. The van der Waals surface area contributed by atoms with E-state index in [9.17, 15) is 43.5 Å². The number of rotatable bonds is 80. The summed E-state index contributed by atoms with van der Waals surface area (Å²) in [6.45, 7) is 2.49. The molecule has 0 saturated carbocycles. The maximum Gasteiger partial charge on any atom is 0.472 e. The molecular weight excluding hydrogens is 1390 g/mol. The van der Waals surface area contributed by atoms with Gasteiger partial charge in [0.25, 0.3) is 0 Å². The highest BCUT2D eigenvalue weighted by Gasteiger charge is 2.29. The van der Waals surface area contributed by atoms with Crippen molar-refractivity contribution in [3.05, 3.63) is 134 Å². The Morgan fingerprint density at radius 2 is 0.495 bits per heavy atom. The lowest BCUT2D eigenvalue weighted by Gasteiger charge is -2.21. The topological polar surface area (TPSA) is 231 Å². The first-order valence-electron chi connectivity index (χ1n) is 42.5. The summed E-state index contributed by atoms with van der Waals surface area (Å²) in [5.74, 6) is -1.57. The summed E-state index contributed by atoms with van der Waals surface area (Å²) in [5.41, 5.74) is 0. The van der Waals surface area contributed by atoms with Crippen LogP contribution < -0.4 is 0 Å². The molecule has 0 aliphatic carbocycles. The van der Waals surface area contributed by atoms with Gasteiger partial charge in [-0.3, -0.25) is 32.5 Å². The minimum Gasteiger partial charge on any atom is -0.463 e. The van der Waals surface area contributed by atoms with Crippen molar-refractivity contribution in [1.29, 1.82) is 0 Å². The number of unbranched alkanes of at least 4 members (excludes halogenated alkanes) is 35. The smallest absolute Gasteiger partial charge is 0.463 e. The summed E-state index contributed by atoms with van der Waals surface area (Å²) in [4.78, 5) is 58.7. The average molecular weight is 1540 g/mol.